The van der Waals surface area contributed by atoms with Crippen molar-refractivity contribution in [3.8, 4) is 0 Å². The Balaban J connectivity index is 1.42. The number of aromatic amines is 1. The van der Waals surface area contributed by atoms with Crippen LogP contribution in [0.4, 0.5) is 0 Å². The monoisotopic (exact) mass is 485 g/mol. The molecule has 3 N–H and O–H groups in total. The zero-order chi connectivity index (χ0) is 24.7. The summed E-state index contributed by atoms with van der Waals surface area (Å²) in [6.07, 6.45) is 7.92. The zero-order valence-corrected chi connectivity index (χ0v) is 20.0. The molecule has 1 amide bonds. The standard InChI is InChI=1S/C25H35N5O5/c31-21-5-12-30(23(33)20-15-27-18-28-20)11-2-1-6-25(24(34)35-17-22(21)32)7-13-29(14-8-25)16-19-3-9-26-10-4-19/h3-4,9-10,15,18,21-22,31-32H,1-2,5-8,11-14,16-17H2,(H,27,28)/t21-,22+/m0/s1. The minimum absolute atomic E-state index is 0.188. The van der Waals surface area contributed by atoms with E-state index >= 15 is 0 Å². The number of carbonyl (C=O) groups excluding carboxylic acids is 2. The van der Waals surface area contributed by atoms with Crippen molar-refractivity contribution in [2.75, 3.05) is 32.8 Å². The molecule has 190 valence electrons. The summed E-state index contributed by atoms with van der Waals surface area (Å²) in [5.41, 5.74) is 0.958. The van der Waals surface area contributed by atoms with Gasteiger partial charge in [0.2, 0.25) is 0 Å². The number of rotatable bonds is 3. The number of imidazole rings is 1. The molecule has 35 heavy (non-hydrogen) atoms. The number of nitrogens with one attached hydrogen (secondary N) is 1. The van der Waals surface area contributed by atoms with Gasteiger partial charge in [-0.3, -0.25) is 19.5 Å². The lowest BCUT2D eigenvalue weighted by Gasteiger charge is -2.40. The van der Waals surface area contributed by atoms with Crippen molar-refractivity contribution in [1.29, 1.82) is 0 Å². The Morgan fingerprint density at radius 2 is 1.83 bits per heavy atom. The van der Waals surface area contributed by atoms with Crippen LogP contribution < -0.4 is 0 Å². The fourth-order valence-corrected chi connectivity index (χ4v) is 4.97. The van der Waals surface area contributed by atoms with Crippen molar-refractivity contribution in [2.24, 2.45) is 5.41 Å². The van der Waals surface area contributed by atoms with Crippen LogP contribution in [0.3, 0.4) is 0 Å². The SMILES string of the molecule is O=C(c1cnc[nH]1)N1CCCCC2(CCN(Cc3ccncc3)CC2)C(=O)OC[C@@H](O)[C@@H](O)CC1. The zero-order valence-electron chi connectivity index (χ0n) is 20.0. The van der Waals surface area contributed by atoms with E-state index in [0.717, 1.165) is 32.5 Å². The third-order valence-corrected chi connectivity index (χ3v) is 7.28. The van der Waals surface area contributed by atoms with Gasteiger partial charge < -0.3 is 24.8 Å². The molecule has 4 heterocycles. The number of ether oxygens (including phenoxy) is 1. The van der Waals surface area contributed by atoms with Crippen molar-refractivity contribution in [3.05, 3.63) is 48.3 Å². The highest BCUT2D eigenvalue weighted by atomic mass is 16.5. The largest absolute Gasteiger partial charge is 0.462 e. The molecule has 1 spiro atoms. The van der Waals surface area contributed by atoms with Gasteiger partial charge in [0.05, 0.1) is 24.0 Å². The summed E-state index contributed by atoms with van der Waals surface area (Å²) >= 11 is 0. The minimum Gasteiger partial charge on any atom is -0.462 e. The maximum Gasteiger partial charge on any atom is 0.312 e. The molecule has 2 aromatic rings. The molecule has 2 saturated heterocycles. The molecular weight excluding hydrogens is 450 g/mol. The summed E-state index contributed by atoms with van der Waals surface area (Å²) in [6, 6.07) is 4.00. The normalized spacial score (nSPS) is 24.7. The Bertz CT molecular complexity index is 946. The predicted molar refractivity (Wildman–Crippen MR) is 127 cm³/mol. The molecule has 0 saturated carbocycles. The maximum atomic E-state index is 13.2. The first kappa shape index (κ1) is 25.3. The molecule has 2 atom stereocenters. The summed E-state index contributed by atoms with van der Waals surface area (Å²) in [5.74, 6) is -0.484. The summed E-state index contributed by atoms with van der Waals surface area (Å²) < 4.78 is 5.55. The lowest BCUT2D eigenvalue weighted by atomic mass is 9.74. The van der Waals surface area contributed by atoms with E-state index < -0.39 is 17.6 Å². The average Bonchev–Trinajstić information content (AvgIpc) is 3.42. The molecule has 2 aliphatic rings. The lowest BCUT2D eigenvalue weighted by Crippen LogP contribution is -2.45. The highest BCUT2D eigenvalue weighted by molar-refractivity contribution is 5.92. The van der Waals surface area contributed by atoms with E-state index in [9.17, 15) is 19.8 Å². The van der Waals surface area contributed by atoms with Gasteiger partial charge in [0.25, 0.3) is 5.91 Å². The topological polar surface area (TPSA) is 132 Å². The molecular formula is C25H35N5O5. The first-order chi connectivity index (χ1) is 17.0. The molecule has 2 fully saturated rings. The van der Waals surface area contributed by atoms with Gasteiger partial charge in [-0.2, -0.15) is 0 Å². The minimum atomic E-state index is -1.20. The summed E-state index contributed by atoms with van der Waals surface area (Å²) in [7, 11) is 0. The van der Waals surface area contributed by atoms with E-state index in [1.54, 1.807) is 17.3 Å². The van der Waals surface area contributed by atoms with Crippen molar-refractivity contribution >= 4 is 11.9 Å². The Morgan fingerprint density at radius 3 is 2.54 bits per heavy atom. The molecule has 0 radical (unpaired) electrons. The van der Waals surface area contributed by atoms with Crippen LogP contribution >= 0.6 is 0 Å². The number of pyridine rings is 1. The van der Waals surface area contributed by atoms with E-state index in [2.05, 4.69) is 19.9 Å². The highest BCUT2D eigenvalue weighted by Crippen LogP contribution is 2.38. The Kier molecular flexibility index (Phi) is 8.48. The third-order valence-electron chi connectivity index (χ3n) is 7.28. The second-order valence-corrected chi connectivity index (χ2v) is 9.65. The van der Waals surface area contributed by atoms with E-state index in [1.807, 2.05) is 12.1 Å². The average molecular weight is 486 g/mol. The molecule has 4 rings (SSSR count). The quantitative estimate of drug-likeness (QED) is 0.556. The summed E-state index contributed by atoms with van der Waals surface area (Å²) in [6.45, 7) is 2.89. The number of carbonyl (C=O) groups is 2. The Morgan fingerprint density at radius 1 is 1.06 bits per heavy atom. The van der Waals surface area contributed by atoms with Gasteiger partial charge in [-0.15, -0.1) is 0 Å². The molecule has 2 aliphatic heterocycles. The first-order valence-electron chi connectivity index (χ1n) is 12.4. The van der Waals surface area contributed by atoms with Gasteiger partial charge in [-0.25, -0.2) is 4.98 Å². The van der Waals surface area contributed by atoms with Crippen LogP contribution in [0.2, 0.25) is 0 Å². The fourth-order valence-electron chi connectivity index (χ4n) is 4.97. The third kappa shape index (κ3) is 6.45. The number of hydrogen-bond donors (Lipinski definition) is 3. The van der Waals surface area contributed by atoms with Gasteiger partial charge in [0, 0.05) is 32.0 Å². The number of hydrogen-bond acceptors (Lipinski definition) is 8. The van der Waals surface area contributed by atoms with Crippen LogP contribution in [0.5, 0.6) is 0 Å². The van der Waals surface area contributed by atoms with E-state index in [4.69, 9.17) is 4.74 Å². The maximum absolute atomic E-state index is 13.2. The van der Waals surface area contributed by atoms with Crippen LogP contribution in [0.1, 0.15) is 54.6 Å². The number of piperidine rings is 1. The van der Waals surface area contributed by atoms with Gasteiger partial charge >= 0.3 is 5.97 Å². The Hall–Kier alpha value is -2.82. The second-order valence-electron chi connectivity index (χ2n) is 9.65. The van der Waals surface area contributed by atoms with Crippen LogP contribution in [-0.2, 0) is 16.1 Å². The van der Waals surface area contributed by atoms with Gasteiger partial charge in [-0.05, 0) is 62.9 Å². The van der Waals surface area contributed by atoms with Crippen molar-refractivity contribution < 1.29 is 24.5 Å². The molecule has 0 aliphatic carbocycles. The van der Waals surface area contributed by atoms with Gasteiger partial charge in [0.15, 0.2) is 0 Å². The van der Waals surface area contributed by atoms with Crippen LogP contribution in [0.25, 0.3) is 0 Å². The number of cyclic esters (lactones) is 1. The fraction of sp³-hybridized carbons (Fsp3) is 0.600. The molecule has 10 heteroatoms. The van der Waals surface area contributed by atoms with E-state index in [-0.39, 0.29) is 24.9 Å². The van der Waals surface area contributed by atoms with Gasteiger partial charge in [0.1, 0.15) is 18.4 Å². The van der Waals surface area contributed by atoms with Crippen LogP contribution in [0.15, 0.2) is 37.1 Å². The van der Waals surface area contributed by atoms with E-state index in [0.29, 0.717) is 38.0 Å². The number of likely N-dealkylation sites (tertiary alicyclic amines) is 1. The number of H-pyrrole nitrogens is 1. The summed E-state index contributed by atoms with van der Waals surface area (Å²) in [5, 5.41) is 20.8. The number of amides is 1. The highest BCUT2D eigenvalue weighted by Gasteiger charge is 2.42. The smallest absolute Gasteiger partial charge is 0.312 e. The van der Waals surface area contributed by atoms with Crippen molar-refractivity contribution in [3.63, 3.8) is 0 Å². The number of aliphatic hydroxyl groups excluding tert-OH is 2. The molecule has 0 unspecified atom stereocenters. The number of nitrogens with zero attached hydrogens (tertiary/aromatic N) is 4. The number of aliphatic hydroxyl groups is 2. The second kappa shape index (κ2) is 11.7. The molecule has 10 nitrogen and oxygen atoms in total. The van der Waals surface area contributed by atoms with Crippen molar-refractivity contribution in [2.45, 2.75) is 57.3 Å². The van der Waals surface area contributed by atoms with Crippen molar-refractivity contribution in [1.82, 2.24) is 24.8 Å². The Labute approximate surface area is 205 Å². The van der Waals surface area contributed by atoms with Crippen LogP contribution in [-0.4, -0.2) is 91.8 Å². The lowest BCUT2D eigenvalue weighted by molar-refractivity contribution is -0.165. The molecule has 0 aromatic carbocycles. The van der Waals surface area contributed by atoms with Crippen LogP contribution in [0, 0.1) is 5.41 Å². The predicted octanol–water partition coefficient (Wildman–Crippen LogP) is 1.37. The summed E-state index contributed by atoms with van der Waals surface area (Å²) in [4.78, 5) is 40.9. The molecule has 2 aromatic heterocycles. The number of esters is 1. The number of aromatic nitrogens is 3. The van der Waals surface area contributed by atoms with E-state index in [1.165, 1.54) is 18.1 Å². The molecule has 0 bridgehead atoms. The first-order valence-corrected chi connectivity index (χ1v) is 12.4. The van der Waals surface area contributed by atoms with Gasteiger partial charge in [-0.1, -0.05) is 6.42 Å².